The fourth-order valence-corrected chi connectivity index (χ4v) is 2.71. The lowest BCUT2D eigenvalue weighted by atomic mass is 10.2. The fourth-order valence-electron chi connectivity index (χ4n) is 2.71. The van der Waals surface area contributed by atoms with Gasteiger partial charge in [-0.2, -0.15) is 0 Å². The molecule has 1 aliphatic heterocycles. The second kappa shape index (κ2) is 8.62. The van der Waals surface area contributed by atoms with Gasteiger partial charge >= 0.3 is 0 Å². The van der Waals surface area contributed by atoms with E-state index < -0.39 is 0 Å². The molecule has 0 saturated carbocycles. The minimum Gasteiger partial charge on any atom is -0.378 e. The van der Waals surface area contributed by atoms with E-state index in [1.807, 2.05) is 18.2 Å². The van der Waals surface area contributed by atoms with Crippen molar-refractivity contribution >= 4 is 23.2 Å². The van der Waals surface area contributed by atoms with E-state index in [9.17, 15) is 4.79 Å². The molecule has 2 aromatic rings. The van der Waals surface area contributed by atoms with Gasteiger partial charge < -0.3 is 20.3 Å². The molecule has 0 spiro atoms. The zero-order valence-corrected chi connectivity index (χ0v) is 15.2. The monoisotopic (exact) mass is 355 g/mol. The van der Waals surface area contributed by atoms with Gasteiger partial charge in [-0.1, -0.05) is 26.0 Å². The molecule has 1 aromatic carbocycles. The molecule has 7 nitrogen and oxygen atoms in total. The minimum absolute atomic E-state index is 0.189. The summed E-state index contributed by atoms with van der Waals surface area (Å²) in [5, 5.41) is 6.12. The molecule has 26 heavy (non-hydrogen) atoms. The summed E-state index contributed by atoms with van der Waals surface area (Å²) < 4.78 is 5.43. The van der Waals surface area contributed by atoms with Crippen LogP contribution in [0, 0.1) is 5.92 Å². The number of benzene rings is 1. The Balaban J connectivity index is 1.75. The molecule has 0 bridgehead atoms. The molecule has 138 valence electrons. The molecule has 0 unspecified atom stereocenters. The van der Waals surface area contributed by atoms with Crippen LogP contribution in [0.4, 0.5) is 17.3 Å². The molecule has 1 aromatic heterocycles. The number of carbonyl (C=O) groups excluding carboxylic acids is 1. The van der Waals surface area contributed by atoms with Gasteiger partial charge in [0.05, 0.1) is 24.6 Å². The highest BCUT2D eigenvalue weighted by atomic mass is 16.5. The van der Waals surface area contributed by atoms with Gasteiger partial charge in [0.25, 0.3) is 5.91 Å². The fraction of sp³-hybridized carbons (Fsp3) is 0.421. The number of rotatable bonds is 6. The predicted octanol–water partition coefficient (Wildman–Crippen LogP) is 2.44. The normalized spacial score (nSPS) is 14.3. The predicted molar refractivity (Wildman–Crippen MR) is 102 cm³/mol. The number of morpholine rings is 1. The largest absolute Gasteiger partial charge is 0.378 e. The first-order chi connectivity index (χ1) is 12.6. The number of nitrogens with one attached hydrogen (secondary N) is 2. The van der Waals surface area contributed by atoms with Crippen LogP contribution >= 0.6 is 0 Å². The SMILES string of the molecule is CC(C)CNC(=O)c1ccnc(Nc2ccccc2N2CCOCC2)n1. The average Bonchev–Trinajstić information content (AvgIpc) is 2.67. The maximum absolute atomic E-state index is 12.2. The van der Waals surface area contributed by atoms with Crippen LogP contribution in [0.5, 0.6) is 0 Å². The Hall–Kier alpha value is -2.67. The number of hydrogen-bond acceptors (Lipinski definition) is 6. The maximum atomic E-state index is 12.2. The van der Waals surface area contributed by atoms with E-state index in [-0.39, 0.29) is 5.91 Å². The van der Waals surface area contributed by atoms with Gasteiger partial charge in [-0.3, -0.25) is 4.79 Å². The van der Waals surface area contributed by atoms with Crippen LogP contribution < -0.4 is 15.5 Å². The number of ether oxygens (including phenoxy) is 1. The van der Waals surface area contributed by atoms with Gasteiger partial charge in [-0.05, 0) is 24.1 Å². The number of carbonyl (C=O) groups is 1. The van der Waals surface area contributed by atoms with E-state index in [4.69, 9.17) is 4.74 Å². The molecule has 0 atom stereocenters. The zero-order chi connectivity index (χ0) is 18.4. The van der Waals surface area contributed by atoms with Crippen molar-refractivity contribution in [3.8, 4) is 0 Å². The Morgan fingerprint density at radius 3 is 2.77 bits per heavy atom. The van der Waals surface area contributed by atoms with Crippen LogP contribution in [0.15, 0.2) is 36.5 Å². The number of hydrogen-bond donors (Lipinski definition) is 2. The number of para-hydroxylation sites is 2. The summed E-state index contributed by atoms with van der Waals surface area (Å²) >= 11 is 0. The summed E-state index contributed by atoms with van der Waals surface area (Å²) in [4.78, 5) is 23.1. The van der Waals surface area contributed by atoms with Gasteiger partial charge in [0, 0.05) is 25.8 Å². The first-order valence-corrected chi connectivity index (χ1v) is 8.93. The van der Waals surface area contributed by atoms with Crippen LogP contribution in [0.1, 0.15) is 24.3 Å². The van der Waals surface area contributed by atoms with E-state index >= 15 is 0 Å². The summed E-state index contributed by atoms with van der Waals surface area (Å²) in [6.45, 7) is 7.85. The molecule has 1 aliphatic rings. The second-order valence-corrected chi connectivity index (χ2v) is 6.61. The van der Waals surface area contributed by atoms with Crippen LogP contribution in [-0.4, -0.2) is 48.7 Å². The highest BCUT2D eigenvalue weighted by Crippen LogP contribution is 2.28. The summed E-state index contributed by atoms with van der Waals surface area (Å²) in [5.41, 5.74) is 2.34. The highest BCUT2D eigenvalue weighted by molar-refractivity contribution is 5.92. The minimum atomic E-state index is -0.189. The Morgan fingerprint density at radius 1 is 1.23 bits per heavy atom. The molecule has 1 fully saturated rings. The van der Waals surface area contributed by atoms with Crippen LogP contribution in [0.3, 0.4) is 0 Å². The van der Waals surface area contributed by atoms with Crippen molar-refractivity contribution in [3.05, 3.63) is 42.2 Å². The van der Waals surface area contributed by atoms with E-state index in [1.54, 1.807) is 12.3 Å². The molecule has 2 heterocycles. The van der Waals surface area contributed by atoms with Crippen molar-refractivity contribution in [1.29, 1.82) is 0 Å². The lowest BCUT2D eigenvalue weighted by molar-refractivity contribution is 0.0944. The van der Waals surface area contributed by atoms with Crippen LogP contribution in [-0.2, 0) is 4.74 Å². The van der Waals surface area contributed by atoms with Gasteiger partial charge in [0.2, 0.25) is 5.95 Å². The average molecular weight is 355 g/mol. The molecule has 7 heteroatoms. The highest BCUT2D eigenvalue weighted by Gasteiger charge is 2.15. The summed E-state index contributed by atoms with van der Waals surface area (Å²) in [6.07, 6.45) is 1.59. The van der Waals surface area contributed by atoms with Gasteiger partial charge in [0.15, 0.2) is 0 Å². The van der Waals surface area contributed by atoms with Gasteiger partial charge in [-0.25, -0.2) is 9.97 Å². The zero-order valence-electron chi connectivity index (χ0n) is 15.2. The van der Waals surface area contributed by atoms with E-state index in [1.165, 1.54) is 0 Å². The third-order valence-corrected chi connectivity index (χ3v) is 4.06. The lowest BCUT2D eigenvalue weighted by Crippen LogP contribution is -2.36. The standard InChI is InChI=1S/C19H25N5O2/c1-14(2)13-21-18(25)16-7-8-20-19(23-16)22-15-5-3-4-6-17(15)24-9-11-26-12-10-24/h3-8,14H,9-13H2,1-2H3,(H,21,25)(H,20,22,23). The van der Waals surface area contributed by atoms with Crippen molar-refractivity contribution in [2.45, 2.75) is 13.8 Å². The van der Waals surface area contributed by atoms with Gasteiger partial charge in [0.1, 0.15) is 5.69 Å². The summed E-state index contributed by atoms with van der Waals surface area (Å²) in [5.74, 6) is 0.604. The third-order valence-electron chi connectivity index (χ3n) is 4.06. The Kier molecular flexibility index (Phi) is 6.01. The number of nitrogens with zero attached hydrogens (tertiary/aromatic N) is 3. The molecular weight excluding hydrogens is 330 g/mol. The Labute approximate surface area is 153 Å². The topological polar surface area (TPSA) is 79.4 Å². The smallest absolute Gasteiger partial charge is 0.270 e. The molecule has 3 rings (SSSR count). The van der Waals surface area contributed by atoms with Crippen molar-refractivity contribution in [1.82, 2.24) is 15.3 Å². The summed E-state index contributed by atoms with van der Waals surface area (Å²) in [6, 6.07) is 9.64. The van der Waals surface area contributed by atoms with E-state index in [0.717, 1.165) is 37.7 Å². The molecule has 2 N–H and O–H groups in total. The molecule has 1 amide bonds. The van der Waals surface area contributed by atoms with Crippen molar-refractivity contribution in [2.75, 3.05) is 43.1 Å². The first-order valence-electron chi connectivity index (χ1n) is 8.93. The third kappa shape index (κ3) is 4.70. The number of aromatic nitrogens is 2. The van der Waals surface area contributed by atoms with E-state index in [2.05, 4.69) is 45.4 Å². The maximum Gasteiger partial charge on any atom is 0.270 e. The molecular formula is C19H25N5O2. The van der Waals surface area contributed by atoms with E-state index in [0.29, 0.717) is 24.1 Å². The molecule has 1 saturated heterocycles. The Bertz CT molecular complexity index is 744. The number of anilines is 3. The van der Waals surface area contributed by atoms with Crippen LogP contribution in [0.2, 0.25) is 0 Å². The van der Waals surface area contributed by atoms with Crippen molar-refractivity contribution < 1.29 is 9.53 Å². The quantitative estimate of drug-likeness (QED) is 0.829. The second-order valence-electron chi connectivity index (χ2n) is 6.61. The molecule has 0 radical (unpaired) electrons. The van der Waals surface area contributed by atoms with Crippen molar-refractivity contribution in [2.24, 2.45) is 5.92 Å². The van der Waals surface area contributed by atoms with Crippen LogP contribution in [0.25, 0.3) is 0 Å². The first kappa shape index (κ1) is 18.1. The summed E-state index contributed by atoms with van der Waals surface area (Å²) in [7, 11) is 0. The molecule has 0 aliphatic carbocycles. The van der Waals surface area contributed by atoms with Crippen molar-refractivity contribution in [3.63, 3.8) is 0 Å². The number of amides is 1. The lowest BCUT2D eigenvalue weighted by Gasteiger charge is -2.30. The Morgan fingerprint density at radius 2 is 2.00 bits per heavy atom. The van der Waals surface area contributed by atoms with Gasteiger partial charge in [-0.15, -0.1) is 0 Å².